The first kappa shape index (κ1) is 25.6. The molecule has 0 saturated carbocycles. The highest BCUT2D eigenvalue weighted by Crippen LogP contribution is 2.39. The largest absolute Gasteiger partial charge is 0.613 e. The first-order chi connectivity index (χ1) is 17.2. The molecule has 0 amide bonds. The molecule has 1 fully saturated rings. The van der Waals surface area contributed by atoms with E-state index in [0.717, 1.165) is 5.56 Å². The minimum absolute atomic E-state index is 0.0169. The van der Waals surface area contributed by atoms with Crippen LogP contribution in [0.2, 0.25) is 0 Å². The average Bonchev–Trinajstić information content (AvgIpc) is 3.43. The number of hydrogen-bond donors (Lipinski definition) is 3. The molecule has 3 aromatic rings. The molecule has 4 N–H and O–H groups in total. The zero-order valence-electron chi connectivity index (χ0n) is 19.1. The molecule has 1 aliphatic rings. The number of nitrogens with zero attached hydrogens (tertiary/aromatic N) is 4. The van der Waals surface area contributed by atoms with Crippen LogP contribution >= 0.6 is 8.18 Å². The van der Waals surface area contributed by atoms with Gasteiger partial charge in [0.1, 0.15) is 31.6 Å². The monoisotopic (exact) mass is 517 g/mol. The second-order valence-corrected chi connectivity index (χ2v) is 9.07. The molecule has 1 aromatic carbocycles. The van der Waals surface area contributed by atoms with E-state index in [2.05, 4.69) is 26.0 Å². The molecule has 1 aliphatic heterocycles. The number of imidazole rings is 1. The Morgan fingerprint density at radius 2 is 2.22 bits per heavy atom. The maximum atomic E-state index is 13.7. The molecule has 0 radical (unpaired) electrons. The van der Waals surface area contributed by atoms with E-state index in [0.29, 0.717) is 0 Å². The second kappa shape index (κ2) is 10.6. The summed E-state index contributed by atoms with van der Waals surface area (Å²) in [6, 6.07) is 8.14. The summed E-state index contributed by atoms with van der Waals surface area (Å²) in [6.45, 7) is 1.07. The maximum absolute atomic E-state index is 13.7. The summed E-state index contributed by atoms with van der Waals surface area (Å²) in [7, 11) is -2.58. The van der Waals surface area contributed by atoms with E-state index in [1.165, 1.54) is 17.8 Å². The Morgan fingerprint density at radius 1 is 1.47 bits per heavy atom. The number of anilines is 1. The van der Waals surface area contributed by atoms with E-state index >= 15 is 0 Å². The highest BCUT2D eigenvalue weighted by Gasteiger charge is 2.50. The maximum Gasteiger partial charge on any atom is 0.613 e. The number of rotatable bonds is 9. The molecule has 1 saturated heterocycles. The van der Waals surface area contributed by atoms with Gasteiger partial charge < -0.3 is 20.3 Å². The predicted octanol–water partition coefficient (Wildman–Crippen LogP) is 1.59. The number of aliphatic hydroxyl groups is 1. The molecule has 0 aliphatic carbocycles. The third-order valence-corrected chi connectivity index (χ3v) is 6.52. The van der Waals surface area contributed by atoms with Gasteiger partial charge in [0.25, 0.3) is 0 Å². The minimum atomic E-state index is -2.58. The van der Waals surface area contributed by atoms with Crippen LogP contribution in [0.1, 0.15) is 25.1 Å². The number of terminal acetylenes is 1. The number of nitrogen functional groups attached to an aromatic ring is 1. The lowest BCUT2D eigenvalue weighted by Gasteiger charge is -2.23. The smallest absolute Gasteiger partial charge is 0.460 e. The van der Waals surface area contributed by atoms with Gasteiger partial charge in [-0.1, -0.05) is 41.3 Å². The average molecular weight is 517 g/mol. The van der Waals surface area contributed by atoms with Crippen LogP contribution in [-0.2, 0) is 30.0 Å². The van der Waals surface area contributed by atoms with E-state index in [1.807, 2.05) is 18.2 Å². The van der Waals surface area contributed by atoms with Crippen LogP contribution < -0.4 is 10.8 Å². The number of halogens is 1. The number of esters is 1. The number of ether oxygens (including phenoxy) is 2. The van der Waals surface area contributed by atoms with Crippen LogP contribution in [0.5, 0.6) is 0 Å². The molecule has 14 heteroatoms. The van der Waals surface area contributed by atoms with E-state index in [1.54, 1.807) is 12.1 Å². The Kier molecular flexibility index (Phi) is 7.53. The highest BCUT2D eigenvalue weighted by molar-refractivity contribution is 7.36. The van der Waals surface area contributed by atoms with Crippen molar-refractivity contribution in [3.63, 3.8) is 0 Å². The molecule has 36 heavy (non-hydrogen) atoms. The van der Waals surface area contributed by atoms with Crippen LogP contribution in [0.4, 0.5) is 10.2 Å². The topological polar surface area (TPSA) is 164 Å². The van der Waals surface area contributed by atoms with Crippen LogP contribution in [0.25, 0.3) is 11.2 Å². The van der Waals surface area contributed by atoms with Gasteiger partial charge in [0.05, 0.1) is 6.33 Å². The number of nitrogens with one attached hydrogen (secondary N) is 1. The van der Waals surface area contributed by atoms with Crippen LogP contribution in [0, 0.1) is 18.4 Å². The Labute approximate surface area is 205 Å². The van der Waals surface area contributed by atoms with Crippen molar-refractivity contribution in [3.8, 4) is 12.3 Å². The van der Waals surface area contributed by atoms with Gasteiger partial charge in [-0.15, -0.1) is 10.9 Å². The molecule has 5 atom stereocenters. The third-order valence-electron chi connectivity index (χ3n) is 5.56. The fourth-order valence-electron chi connectivity index (χ4n) is 3.60. The van der Waals surface area contributed by atoms with E-state index in [9.17, 15) is 18.9 Å². The van der Waals surface area contributed by atoms with E-state index in [4.69, 9.17) is 26.2 Å². The molecule has 12 nitrogen and oxygen atoms in total. The van der Waals surface area contributed by atoms with Gasteiger partial charge >= 0.3 is 20.2 Å². The quantitative estimate of drug-likeness (QED) is 0.163. The molecule has 1 unspecified atom stereocenters. The van der Waals surface area contributed by atoms with Gasteiger partial charge in [0.15, 0.2) is 22.6 Å². The number of aliphatic hydroxyl groups excluding tert-OH is 1. The van der Waals surface area contributed by atoms with Crippen LogP contribution in [-0.4, -0.2) is 54.9 Å². The summed E-state index contributed by atoms with van der Waals surface area (Å²) in [4.78, 5) is 23.4. The van der Waals surface area contributed by atoms with Crippen molar-refractivity contribution >= 4 is 31.1 Å². The Hall–Kier alpha value is -3.53. The normalized spacial score (nSPS) is 22.8. The van der Waals surface area contributed by atoms with Crippen LogP contribution in [0.3, 0.4) is 0 Å². The molecule has 2 aromatic heterocycles. The van der Waals surface area contributed by atoms with Crippen molar-refractivity contribution in [2.45, 2.75) is 43.9 Å². The number of fused-ring (bicyclic) bond motifs is 1. The predicted molar refractivity (Wildman–Crippen MR) is 124 cm³/mol. The number of carbonyl (C=O) groups is 1. The summed E-state index contributed by atoms with van der Waals surface area (Å²) in [5, 5.41) is 13.1. The minimum Gasteiger partial charge on any atom is -0.460 e. The number of carbonyl (C=O) groups excluding carboxylic acids is 1. The summed E-state index contributed by atoms with van der Waals surface area (Å²) >= 11 is 0. The van der Waals surface area contributed by atoms with Gasteiger partial charge in [-0.3, -0.25) is 9.36 Å². The zero-order chi connectivity index (χ0) is 25.9. The van der Waals surface area contributed by atoms with Crippen molar-refractivity contribution in [2.24, 2.45) is 0 Å². The van der Waals surface area contributed by atoms with Gasteiger partial charge in [-0.25, -0.2) is 4.98 Å². The van der Waals surface area contributed by atoms with Crippen molar-refractivity contribution in [3.05, 3.63) is 48.3 Å². The number of hydrogen-bond acceptors (Lipinski definition) is 10. The Morgan fingerprint density at radius 3 is 2.94 bits per heavy atom. The van der Waals surface area contributed by atoms with Crippen molar-refractivity contribution in [1.82, 2.24) is 24.6 Å². The number of benzene rings is 1. The molecule has 4 rings (SSSR count). The van der Waals surface area contributed by atoms with Gasteiger partial charge in [0.2, 0.25) is 0 Å². The lowest BCUT2D eigenvalue weighted by molar-refractivity contribution is -0.146. The fourth-order valence-corrected chi connectivity index (χ4v) is 4.41. The first-order valence-electron chi connectivity index (χ1n) is 10.8. The summed E-state index contributed by atoms with van der Waals surface area (Å²) in [5.74, 6) is 1.57. The van der Waals surface area contributed by atoms with Gasteiger partial charge in [-0.05, 0) is 17.1 Å². The molecule has 188 valence electrons. The van der Waals surface area contributed by atoms with Crippen molar-refractivity contribution < 1.29 is 32.9 Å². The third kappa shape index (κ3) is 5.33. The second-order valence-electron chi connectivity index (χ2n) is 8.03. The zero-order valence-corrected chi connectivity index (χ0v) is 20.0. The summed E-state index contributed by atoms with van der Waals surface area (Å²) < 4.78 is 43.8. The SMILES string of the molecule is C#C[C@]1(CO[P+](=O)N[C@@H](C)C(=O)OCc2ccccc2)O[C@@H](n2cnc3c(N)nc(F)nc32)C[C@@H]1O. The van der Waals surface area contributed by atoms with Gasteiger partial charge in [0, 0.05) is 6.42 Å². The van der Waals surface area contributed by atoms with E-state index < -0.39 is 50.8 Å². The van der Waals surface area contributed by atoms with Crippen LogP contribution in [0.15, 0.2) is 36.7 Å². The Balaban J connectivity index is 1.35. The lowest BCUT2D eigenvalue weighted by Crippen LogP contribution is -2.42. The molecular weight excluding hydrogens is 494 g/mol. The number of nitrogens with two attached hydrogens (primary N) is 1. The number of aromatic nitrogens is 4. The Bertz CT molecular complexity index is 1320. The molecule has 3 heterocycles. The van der Waals surface area contributed by atoms with Crippen molar-refractivity contribution in [2.75, 3.05) is 12.3 Å². The molecule has 0 spiro atoms. The summed E-state index contributed by atoms with van der Waals surface area (Å²) in [6.07, 6.45) is 3.75. The molecule has 0 bridgehead atoms. The van der Waals surface area contributed by atoms with Crippen molar-refractivity contribution in [1.29, 1.82) is 0 Å². The van der Waals surface area contributed by atoms with E-state index in [-0.39, 0.29) is 30.0 Å². The lowest BCUT2D eigenvalue weighted by atomic mass is 9.99. The fraction of sp³-hybridized carbons (Fsp3) is 0.364. The van der Waals surface area contributed by atoms with Gasteiger partial charge in [-0.2, -0.15) is 14.4 Å². The highest BCUT2D eigenvalue weighted by atomic mass is 31.1. The first-order valence-corrected chi connectivity index (χ1v) is 12.0. The standard InChI is InChI=1S/C22H23FN6O6P/c1-3-22(11-34-36(32)28-13(2)20(31)33-10-14-7-5-4-6-8-14)15(30)9-16(35-22)29-12-25-17-18(24)26-21(23)27-19(17)29/h1,4-8,12-13,15-16,30H,9-11H2,2H3,(H,28,32)(H2,24,26,27)/q+1/t13-,15-,16+,22+/m0/s1. The summed E-state index contributed by atoms with van der Waals surface area (Å²) in [5.41, 5.74) is 5.02. The molecular formula is C22H23FN6O6P+.